The number of para-hydroxylation sites is 1. The first-order valence-electron chi connectivity index (χ1n) is 15.2. The number of benzene rings is 5. The van der Waals surface area contributed by atoms with Crippen molar-refractivity contribution < 1.29 is 0 Å². The van der Waals surface area contributed by atoms with Gasteiger partial charge in [0.05, 0.1) is 6.04 Å². The van der Waals surface area contributed by atoms with Gasteiger partial charge in [0, 0.05) is 41.9 Å². The zero-order valence-corrected chi connectivity index (χ0v) is 25.1. The molecule has 0 radical (unpaired) electrons. The van der Waals surface area contributed by atoms with Crippen LogP contribution in [0, 0.1) is 0 Å². The predicted octanol–water partition coefficient (Wildman–Crippen LogP) is 10.1. The summed E-state index contributed by atoms with van der Waals surface area (Å²) in [5, 5.41) is 5.55. The smallest absolute Gasteiger partial charge is 0.105 e. The second kappa shape index (κ2) is 9.03. The minimum atomic E-state index is 0.202. The van der Waals surface area contributed by atoms with Crippen LogP contribution in [-0.2, 0) is 0 Å². The van der Waals surface area contributed by atoms with E-state index in [1.165, 1.54) is 79.6 Å². The summed E-state index contributed by atoms with van der Waals surface area (Å²) in [6.07, 6.45) is 7.18. The van der Waals surface area contributed by atoms with Crippen LogP contribution in [0.5, 0.6) is 0 Å². The monoisotopic (exact) mass is 585 g/mol. The van der Waals surface area contributed by atoms with Gasteiger partial charge < -0.3 is 4.90 Å². The highest BCUT2D eigenvalue weighted by atomic mass is 32.1. The normalized spacial score (nSPS) is 17.9. The molecule has 2 aliphatic heterocycles. The highest BCUT2D eigenvalue weighted by Gasteiger charge is 2.46. The van der Waals surface area contributed by atoms with Gasteiger partial charge in [-0.3, -0.25) is 0 Å². The maximum Gasteiger partial charge on any atom is 0.105 e. The molecule has 0 saturated carbocycles. The maximum atomic E-state index is 2.69. The van der Waals surface area contributed by atoms with Gasteiger partial charge in [0.1, 0.15) is 5.00 Å². The summed E-state index contributed by atoms with van der Waals surface area (Å²) < 4.78 is 4.14. The van der Waals surface area contributed by atoms with E-state index >= 15 is 0 Å². The van der Waals surface area contributed by atoms with Crippen LogP contribution in [0.2, 0.25) is 0 Å². The van der Waals surface area contributed by atoms with Crippen molar-refractivity contribution in [2.75, 3.05) is 4.90 Å². The minimum absolute atomic E-state index is 0.202. The van der Waals surface area contributed by atoms with E-state index in [2.05, 4.69) is 132 Å². The van der Waals surface area contributed by atoms with Gasteiger partial charge in [-0.05, 0) is 81.8 Å². The molecule has 0 bridgehead atoms. The second-order valence-corrected chi connectivity index (χ2v) is 14.0. The Hall–Kier alpha value is -4.44. The van der Waals surface area contributed by atoms with Crippen LogP contribution >= 0.6 is 22.7 Å². The Morgan fingerprint density at radius 3 is 2.33 bits per heavy atom. The third-order valence-corrected chi connectivity index (χ3v) is 12.0. The largest absolute Gasteiger partial charge is 0.324 e. The van der Waals surface area contributed by atoms with Crippen LogP contribution in [-0.4, -0.2) is 0 Å². The summed E-state index contributed by atoms with van der Waals surface area (Å²) in [6.45, 7) is 0. The van der Waals surface area contributed by atoms with Crippen LogP contribution in [0.4, 0.5) is 10.7 Å². The van der Waals surface area contributed by atoms with Crippen molar-refractivity contribution >= 4 is 65.7 Å². The van der Waals surface area contributed by atoms with Crippen molar-refractivity contribution in [1.29, 1.82) is 0 Å². The lowest BCUT2D eigenvalue weighted by molar-refractivity contribution is 0.657. The number of fused-ring (bicyclic) bond motifs is 13. The Labute approximate surface area is 258 Å². The maximum absolute atomic E-state index is 2.69. The molecule has 1 nitrogen and oxygen atoms in total. The van der Waals surface area contributed by atoms with Crippen LogP contribution in [0.25, 0.3) is 54.6 Å². The van der Waals surface area contributed by atoms with E-state index in [0.717, 1.165) is 12.8 Å². The molecule has 2 aromatic heterocycles. The number of anilines is 2. The molecular weight excluding hydrogens is 559 g/mol. The first-order chi connectivity index (χ1) is 21.3. The Balaban J connectivity index is 1.25. The zero-order chi connectivity index (χ0) is 28.1. The molecule has 0 saturated heterocycles. The third kappa shape index (κ3) is 3.38. The summed E-state index contributed by atoms with van der Waals surface area (Å²) in [6, 6.07) is 43.6. The van der Waals surface area contributed by atoms with Gasteiger partial charge in [0.15, 0.2) is 0 Å². The lowest BCUT2D eigenvalue weighted by Crippen LogP contribution is -2.29. The van der Waals surface area contributed by atoms with Gasteiger partial charge in [0.2, 0.25) is 0 Å². The van der Waals surface area contributed by atoms with E-state index in [1.807, 2.05) is 22.7 Å². The van der Waals surface area contributed by atoms with Gasteiger partial charge in [-0.1, -0.05) is 97.1 Å². The van der Waals surface area contributed by atoms with Gasteiger partial charge in [0.25, 0.3) is 0 Å². The minimum Gasteiger partial charge on any atom is -0.324 e. The van der Waals surface area contributed by atoms with E-state index in [0.29, 0.717) is 0 Å². The molecule has 7 aromatic rings. The van der Waals surface area contributed by atoms with E-state index in [-0.39, 0.29) is 12.0 Å². The second-order valence-electron chi connectivity index (χ2n) is 11.9. The number of thiophene rings is 2. The van der Waals surface area contributed by atoms with Crippen LogP contribution in [0.3, 0.4) is 0 Å². The Morgan fingerprint density at radius 1 is 0.605 bits per heavy atom. The molecule has 2 atom stereocenters. The molecule has 0 N–H and O–H groups in total. The van der Waals surface area contributed by atoms with E-state index < -0.39 is 0 Å². The molecule has 3 heteroatoms. The summed E-state index contributed by atoms with van der Waals surface area (Å²) in [4.78, 5) is 2.69. The fourth-order valence-corrected chi connectivity index (χ4v) is 10.2. The molecule has 4 heterocycles. The molecule has 43 heavy (non-hydrogen) atoms. The van der Waals surface area contributed by atoms with Crippen molar-refractivity contribution in [3.8, 4) is 22.3 Å². The molecule has 0 fully saturated rings. The van der Waals surface area contributed by atoms with Crippen LogP contribution in [0.15, 0.2) is 115 Å². The fraction of sp³-hybridized carbons (Fsp3) is 0.100. The molecular formula is C40H27NS2. The lowest BCUT2D eigenvalue weighted by atomic mass is 9.79. The quantitative estimate of drug-likeness (QED) is 0.195. The van der Waals surface area contributed by atoms with Gasteiger partial charge in [-0.2, -0.15) is 0 Å². The molecule has 0 amide bonds. The van der Waals surface area contributed by atoms with E-state index in [9.17, 15) is 0 Å². The predicted molar refractivity (Wildman–Crippen MR) is 185 cm³/mol. The van der Waals surface area contributed by atoms with Crippen molar-refractivity contribution in [3.63, 3.8) is 0 Å². The Bertz CT molecular complexity index is 2380. The summed E-state index contributed by atoms with van der Waals surface area (Å²) >= 11 is 3.87. The molecule has 10 rings (SSSR count). The SMILES string of the molecule is C1=c2sc3c(c2=CCC1)-c1ccc(-c2ccc4sc5ccccc5c4c2)cc1C1C(c2ccccc2)c2ccccc2N31. The standard InChI is InChI=1S/C40H27NS2/c1-2-10-24(11-3-1)37-29-13-4-7-15-33(29)41-39(37)32-23-25(18-20-28(32)38-30-14-6-9-17-35(30)43-40(38)41)26-19-21-36-31(22-26)27-12-5-8-16-34(27)42-36/h1-5,7-8,10-23,37,39H,6,9H2. The zero-order valence-electron chi connectivity index (χ0n) is 23.5. The average molecular weight is 586 g/mol. The number of rotatable bonds is 2. The Morgan fingerprint density at radius 2 is 1.37 bits per heavy atom. The lowest BCUT2D eigenvalue weighted by Gasteiger charge is -2.37. The molecule has 2 unspecified atom stereocenters. The number of hydrogen-bond donors (Lipinski definition) is 0. The molecule has 5 aromatic carbocycles. The summed E-state index contributed by atoms with van der Waals surface area (Å²) in [7, 11) is 0. The molecule has 1 aliphatic carbocycles. The Kier molecular flexibility index (Phi) is 5.05. The number of hydrogen-bond acceptors (Lipinski definition) is 3. The van der Waals surface area contributed by atoms with Crippen molar-refractivity contribution in [2.45, 2.75) is 24.8 Å². The van der Waals surface area contributed by atoms with Crippen molar-refractivity contribution in [2.24, 2.45) is 0 Å². The highest BCUT2D eigenvalue weighted by Crippen LogP contribution is 2.61. The summed E-state index contributed by atoms with van der Waals surface area (Å²) in [5.74, 6) is 0.259. The van der Waals surface area contributed by atoms with Crippen LogP contribution in [0.1, 0.15) is 41.5 Å². The highest BCUT2D eigenvalue weighted by molar-refractivity contribution is 7.25. The molecule has 204 valence electrons. The summed E-state index contributed by atoms with van der Waals surface area (Å²) in [5.41, 5.74) is 11.0. The van der Waals surface area contributed by atoms with Gasteiger partial charge in [-0.15, -0.1) is 22.7 Å². The average Bonchev–Trinajstić information content (AvgIpc) is 3.74. The van der Waals surface area contributed by atoms with Crippen LogP contribution < -0.4 is 14.7 Å². The van der Waals surface area contributed by atoms with Crippen molar-refractivity contribution in [1.82, 2.24) is 0 Å². The fourth-order valence-electron chi connectivity index (χ4n) is 7.81. The van der Waals surface area contributed by atoms with E-state index in [4.69, 9.17) is 0 Å². The van der Waals surface area contributed by atoms with E-state index in [1.54, 1.807) is 0 Å². The van der Waals surface area contributed by atoms with Gasteiger partial charge >= 0.3 is 0 Å². The number of nitrogens with zero attached hydrogens (tertiary/aromatic N) is 1. The topological polar surface area (TPSA) is 3.24 Å². The van der Waals surface area contributed by atoms with Crippen molar-refractivity contribution in [3.05, 3.63) is 142 Å². The molecule has 0 spiro atoms. The first-order valence-corrected chi connectivity index (χ1v) is 16.8. The van der Waals surface area contributed by atoms with Gasteiger partial charge in [-0.25, -0.2) is 0 Å². The first kappa shape index (κ1) is 24.0. The molecule has 3 aliphatic rings. The third-order valence-electron chi connectivity index (χ3n) is 9.65.